The van der Waals surface area contributed by atoms with Crippen molar-refractivity contribution in [3.8, 4) is 0 Å². The second-order valence-electron chi connectivity index (χ2n) is 7.07. The Kier molecular flexibility index (Phi) is 6.57. The van der Waals surface area contributed by atoms with Crippen LogP contribution in [0.1, 0.15) is 35.2 Å². The van der Waals surface area contributed by atoms with Crippen LogP contribution in [0, 0.1) is 0 Å². The molecule has 1 aliphatic heterocycles. The summed E-state index contributed by atoms with van der Waals surface area (Å²) >= 11 is 0. The van der Waals surface area contributed by atoms with Crippen molar-refractivity contribution in [2.24, 2.45) is 0 Å². The average molecular weight is 401 g/mol. The predicted molar refractivity (Wildman–Crippen MR) is 107 cm³/mol. The summed E-state index contributed by atoms with van der Waals surface area (Å²) in [5.41, 5.74) is 1.33. The minimum atomic E-state index is -3.31. The van der Waals surface area contributed by atoms with E-state index in [1.165, 1.54) is 17.3 Å². The topological polar surface area (TPSA) is 84.4 Å². The predicted octanol–water partition coefficient (Wildman–Crippen LogP) is 2.30. The third-order valence-corrected chi connectivity index (χ3v) is 6.77. The Hall–Kier alpha value is -2.54. The molecule has 1 aromatic carbocycles. The molecule has 0 spiro atoms. The number of carbonyl (C=O) groups excluding carboxylic acids is 2. The van der Waals surface area contributed by atoms with Gasteiger partial charge in [0.25, 0.3) is 11.7 Å². The monoisotopic (exact) mass is 400 g/mol. The highest BCUT2D eigenvalue weighted by atomic mass is 32.2. The van der Waals surface area contributed by atoms with Crippen LogP contribution in [0.4, 0.5) is 0 Å². The zero-order chi connectivity index (χ0) is 20.0. The van der Waals surface area contributed by atoms with E-state index in [9.17, 15) is 18.0 Å². The molecule has 3 rings (SSSR count). The molecular formula is C21H24N2O4S. The summed E-state index contributed by atoms with van der Waals surface area (Å²) in [4.78, 5) is 30.3. The average Bonchev–Trinajstić information content (AvgIpc) is 3.15. The highest BCUT2D eigenvalue weighted by Gasteiger charge is 2.35. The van der Waals surface area contributed by atoms with Crippen molar-refractivity contribution in [3.63, 3.8) is 0 Å². The number of aromatic nitrogens is 1. The Morgan fingerprint density at radius 3 is 2.61 bits per heavy atom. The second-order valence-corrected chi connectivity index (χ2v) is 9.30. The van der Waals surface area contributed by atoms with Crippen LogP contribution >= 0.6 is 0 Å². The summed E-state index contributed by atoms with van der Waals surface area (Å²) in [6, 6.07) is 12.5. The lowest BCUT2D eigenvalue weighted by molar-refractivity contribution is -0.126. The van der Waals surface area contributed by atoms with Crippen molar-refractivity contribution in [1.82, 2.24) is 9.88 Å². The number of hydrogen-bond acceptors (Lipinski definition) is 5. The van der Waals surface area contributed by atoms with Gasteiger partial charge in [-0.3, -0.25) is 14.6 Å². The molecule has 28 heavy (non-hydrogen) atoms. The quantitative estimate of drug-likeness (QED) is 0.501. The molecule has 2 heterocycles. The number of aryl methyl sites for hydroxylation is 1. The number of amides is 1. The summed E-state index contributed by atoms with van der Waals surface area (Å²) in [6.45, 7) is 0.412. The van der Waals surface area contributed by atoms with E-state index >= 15 is 0 Å². The summed E-state index contributed by atoms with van der Waals surface area (Å²) in [7, 11) is -3.31. The van der Waals surface area contributed by atoms with Crippen molar-refractivity contribution >= 4 is 21.5 Å². The van der Waals surface area contributed by atoms with Crippen molar-refractivity contribution in [1.29, 1.82) is 0 Å². The van der Waals surface area contributed by atoms with Crippen LogP contribution < -0.4 is 0 Å². The van der Waals surface area contributed by atoms with Crippen LogP contribution in [-0.2, 0) is 21.1 Å². The van der Waals surface area contributed by atoms with E-state index in [0.29, 0.717) is 32.2 Å². The van der Waals surface area contributed by atoms with Gasteiger partial charge in [0.1, 0.15) is 0 Å². The van der Waals surface area contributed by atoms with Crippen LogP contribution in [0.15, 0.2) is 54.9 Å². The first-order chi connectivity index (χ1) is 13.5. The van der Waals surface area contributed by atoms with Crippen molar-refractivity contribution in [3.05, 3.63) is 66.0 Å². The SMILES string of the molecule is O=C(C(=O)N1CCC[C@H]1CS(=O)(=O)CCCc1ccccc1)c1cccnc1. The molecular weight excluding hydrogens is 376 g/mol. The molecule has 0 unspecified atom stereocenters. The largest absolute Gasteiger partial charge is 0.332 e. The zero-order valence-electron chi connectivity index (χ0n) is 15.7. The number of benzene rings is 1. The molecule has 2 aromatic rings. The molecule has 1 aliphatic rings. The van der Waals surface area contributed by atoms with Crippen molar-refractivity contribution < 1.29 is 18.0 Å². The highest BCUT2D eigenvalue weighted by molar-refractivity contribution is 7.91. The van der Waals surface area contributed by atoms with E-state index in [4.69, 9.17) is 0 Å². The lowest BCUT2D eigenvalue weighted by Crippen LogP contribution is -2.43. The zero-order valence-corrected chi connectivity index (χ0v) is 16.5. The highest BCUT2D eigenvalue weighted by Crippen LogP contribution is 2.21. The number of ketones is 1. The maximum atomic E-state index is 12.6. The Morgan fingerprint density at radius 1 is 1.11 bits per heavy atom. The lowest BCUT2D eigenvalue weighted by Gasteiger charge is -2.24. The number of pyridine rings is 1. The first kappa shape index (κ1) is 20.2. The normalized spacial score (nSPS) is 16.9. The molecule has 7 heteroatoms. The van der Waals surface area contributed by atoms with E-state index in [0.717, 1.165) is 5.56 Å². The van der Waals surface area contributed by atoms with Gasteiger partial charge in [0, 0.05) is 30.5 Å². The van der Waals surface area contributed by atoms with Gasteiger partial charge in [-0.2, -0.15) is 0 Å². The number of carbonyl (C=O) groups is 2. The summed E-state index contributed by atoms with van der Waals surface area (Å²) in [5, 5.41) is 0. The van der Waals surface area contributed by atoms with Crippen LogP contribution in [0.2, 0.25) is 0 Å². The van der Waals surface area contributed by atoms with E-state index in [-0.39, 0.29) is 17.1 Å². The summed E-state index contributed by atoms with van der Waals surface area (Å²) in [6.07, 6.45) is 5.43. The standard InChI is InChI=1S/C21H24N2O4S/c24-20(18-10-4-12-22-15-18)21(25)23-13-5-11-19(23)16-28(26,27)14-6-9-17-7-2-1-3-8-17/h1-4,7-8,10,12,15,19H,5-6,9,11,13-14,16H2/t19-/m0/s1. The van der Waals surface area contributed by atoms with Gasteiger partial charge in [0.15, 0.2) is 9.84 Å². The third-order valence-electron chi connectivity index (χ3n) is 4.97. The number of rotatable bonds is 8. The van der Waals surface area contributed by atoms with Crippen LogP contribution in [0.25, 0.3) is 0 Å². The van der Waals surface area contributed by atoms with E-state index in [1.807, 2.05) is 30.3 Å². The molecule has 0 bridgehead atoms. The number of likely N-dealkylation sites (tertiary alicyclic amines) is 1. The van der Waals surface area contributed by atoms with Gasteiger partial charge >= 0.3 is 0 Å². The van der Waals surface area contributed by atoms with Gasteiger partial charge in [-0.1, -0.05) is 30.3 Å². The van der Waals surface area contributed by atoms with Crippen LogP contribution in [0.3, 0.4) is 0 Å². The molecule has 6 nitrogen and oxygen atoms in total. The molecule has 148 valence electrons. The third kappa shape index (κ3) is 5.25. The molecule has 0 saturated carbocycles. The minimum absolute atomic E-state index is 0.0803. The van der Waals surface area contributed by atoms with Gasteiger partial charge in [-0.15, -0.1) is 0 Å². The van der Waals surface area contributed by atoms with Gasteiger partial charge in [0.2, 0.25) is 0 Å². The maximum absolute atomic E-state index is 12.6. The fraction of sp³-hybridized carbons (Fsp3) is 0.381. The van der Waals surface area contributed by atoms with Gasteiger partial charge in [0.05, 0.1) is 11.5 Å². The Balaban J connectivity index is 1.57. The maximum Gasteiger partial charge on any atom is 0.295 e. The van der Waals surface area contributed by atoms with Crippen LogP contribution in [0.5, 0.6) is 0 Å². The van der Waals surface area contributed by atoms with Crippen molar-refractivity contribution in [2.45, 2.75) is 31.7 Å². The molecule has 1 saturated heterocycles. The van der Waals surface area contributed by atoms with E-state index in [2.05, 4.69) is 4.98 Å². The summed E-state index contributed by atoms with van der Waals surface area (Å²) in [5.74, 6) is -1.29. The Labute approximate surface area is 165 Å². The Morgan fingerprint density at radius 2 is 1.89 bits per heavy atom. The molecule has 1 fully saturated rings. The Bertz CT molecular complexity index is 914. The molecule has 0 aliphatic carbocycles. The summed E-state index contributed by atoms with van der Waals surface area (Å²) < 4.78 is 25.1. The first-order valence-electron chi connectivity index (χ1n) is 9.46. The molecule has 1 atom stereocenters. The smallest absolute Gasteiger partial charge is 0.295 e. The van der Waals surface area contributed by atoms with Gasteiger partial charge in [-0.25, -0.2) is 8.42 Å². The molecule has 0 radical (unpaired) electrons. The number of nitrogens with zero attached hydrogens (tertiary/aromatic N) is 2. The first-order valence-corrected chi connectivity index (χ1v) is 11.3. The van der Waals surface area contributed by atoms with Gasteiger partial charge in [-0.05, 0) is 43.4 Å². The number of sulfone groups is 1. The number of Topliss-reactive ketones (excluding diaryl/α,β-unsaturated/α-hetero) is 1. The number of hydrogen-bond donors (Lipinski definition) is 0. The second kappa shape index (κ2) is 9.10. The molecule has 1 amide bonds. The molecule has 0 N–H and O–H groups in total. The fourth-order valence-corrected chi connectivity index (χ4v) is 5.23. The minimum Gasteiger partial charge on any atom is -0.332 e. The molecule has 1 aromatic heterocycles. The van der Waals surface area contributed by atoms with Gasteiger partial charge < -0.3 is 4.90 Å². The van der Waals surface area contributed by atoms with E-state index in [1.54, 1.807) is 12.1 Å². The lowest BCUT2D eigenvalue weighted by atomic mass is 10.1. The van der Waals surface area contributed by atoms with Crippen LogP contribution in [-0.4, -0.2) is 54.1 Å². The van der Waals surface area contributed by atoms with E-state index < -0.39 is 27.6 Å². The fourth-order valence-electron chi connectivity index (χ4n) is 3.54. The van der Waals surface area contributed by atoms with Crippen molar-refractivity contribution in [2.75, 3.05) is 18.1 Å².